The Hall–Kier alpha value is 0.0900. The van der Waals surface area contributed by atoms with Gasteiger partial charge in [-0.15, -0.1) is 0 Å². The fourth-order valence-electron chi connectivity index (χ4n) is 4.24. The Morgan fingerprint density at radius 1 is 0.600 bits per heavy atom. The fraction of sp³-hybridized carbons (Fsp3) is 1.00. The zero-order chi connectivity index (χ0) is 27.1. The van der Waals surface area contributed by atoms with Crippen LogP contribution < -0.4 is 5.50 Å². The Morgan fingerprint density at radius 2 is 0.857 bits per heavy atom. The maximum atomic E-state index is 11.1. The van der Waals surface area contributed by atoms with Gasteiger partial charge in [-0.25, -0.2) is 0 Å². The Morgan fingerprint density at radius 3 is 1.06 bits per heavy atom. The summed E-state index contributed by atoms with van der Waals surface area (Å²) >= 11 is 0. The van der Waals surface area contributed by atoms with Crippen molar-refractivity contribution in [2.24, 2.45) is 5.50 Å². The van der Waals surface area contributed by atoms with E-state index in [0.717, 1.165) is 0 Å². The second-order valence-electron chi connectivity index (χ2n) is 9.98. The Bertz CT molecular complexity index is 520. The van der Waals surface area contributed by atoms with Gasteiger partial charge in [0.25, 0.3) is 0 Å². The van der Waals surface area contributed by atoms with E-state index in [-0.39, 0.29) is 0 Å². The van der Waals surface area contributed by atoms with Gasteiger partial charge in [0.1, 0.15) is 0 Å². The van der Waals surface area contributed by atoms with Crippen molar-refractivity contribution in [1.82, 2.24) is 0 Å². The molecule has 0 aromatic carbocycles. The van der Waals surface area contributed by atoms with Crippen LogP contribution in [0.2, 0.25) is 0 Å². The van der Waals surface area contributed by atoms with Gasteiger partial charge in [-0.3, -0.25) is 4.18 Å². The van der Waals surface area contributed by atoms with Crippen LogP contribution in [-0.2, 0) is 14.3 Å². The molecule has 216 valence electrons. The molecule has 0 amide bonds. The van der Waals surface area contributed by atoms with Crippen LogP contribution in [0.25, 0.3) is 0 Å². The first kappa shape index (κ1) is 37.2. The summed E-state index contributed by atoms with van der Waals surface area (Å²) in [6.07, 6.45) is 29.7. The summed E-state index contributed by atoms with van der Waals surface area (Å²) in [5, 5.41) is 0. The fourth-order valence-corrected chi connectivity index (χ4v) is 8.04. The van der Waals surface area contributed by atoms with E-state index in [4.69, 9.17) is 5.50 Å². The number of halogens is 3. The average molecular weight is 552 g/mol. The predicted molar refractivity (Wildman–Crippen MR) is 149 cm³/mol. The standard InChI is InChI=1S/C24H54NP.C2H3F3O3S/c1-4-7-10-13-16-19-22-26(25,23-20-17-14-11-8-5-2)24-21-18-15-12-9-6-3;1-8-9(6,7)2(3,4)5/h26H,4-25H2,1-3H3;1H3. The normalized spacial score (nSPS) is 12.9. The van der Waals surface area contributed by atoms with Crippen molar-refractivity contribution in [2.45, 2.75) is 142 Å². The number of unbranched alkanes of at least 4 members (excludes halogenated alkanes) is 15. The SMILES string of the molecule is CCCCCCCC[PH](N)(CCCCCCCC)CCCCCCCC.COS(=O)(=O)C(F)(F)F. The summed E-state index contributed by atoms with van der Waals surface area (Å²) in [7, 11) is -6.34. The van der Waals surface area contributed by atoms with Crippen LogP contribution in [-0.4, -0.2) is 39.5 Å². The molecular weight excluding hydrogens is 494 g/mol. The molecule has 2 N–H and O–H groups in total. The summed E-state index contributed by atoms with van der Waals surface area (Å²) in [4.78, 5) is 0. The minimum absolute atomic E-state index is 0.447. The third-order valence-corrected chi connectivity index (χ3v) is 11.6. The Labute approximate surface area is 216 Å². The van der Waals surface area contributed by atoms with Gasteiger partial charge in [-0.1, -0.05) is 0 Å². The van der Waals surface area contributed by atoms with Crippen molar-refractivity contribution in [3.8, 4) is 0 Å². The Kier molecular flexibility index (Phi) is 24.7. The van der Waals surface area contributed by atoms with E-state index in [0.29, 0.717) is 7.11 Å². The average Bonchev–Trinajstić information content (AvgIpc) is 2.80. The van der Waals surface area contributed by atoms with Crippen LogP contribution in [0, 0.1) is 0 Å². The molecule has 0 aliphatic rings. The van der Waals surface area contributed by atoms with Gasteiger partial charge in [0, 0.05) is 0 Å². The largest absolute Gasteiger partial charge is 0.523 e. The molecule has 0 saturated carbocycles. The molecule has 0 aliphatic heterocycles. The molecule has 0 fully saturated rings. The summed E-state index contributed by atoms with van der Waals surface area (Å²) in [5.41, 5.74) is 1.76. The van der Waals surface area contributed by atoms with Crippen LogP contribution in [0.5, 0.6) is 0 Å². The molecule has 0 radical (unpaired) electrons. The number of alkyl halides is 3. The third-order valence-electron chi connectivity index (χ3n) is 6.59. The van der Waals surface area contributed by atoms with Crippen molar-refractivity contribution in [2.75, 3.05) is 25.6 Å². The van der Waals surface area contributed by atoms with Crippen LogP contribution in [0.4, 0.5) is 13.2 Å². The van der Waals surface area contributed by atoms with Crippen LogP contribution in [0.3, 0.4) is 0 Å². The number of nitrogens with two attached hydrogens (primary N) is 1. The zero-order valence-corrected chi connectivity index (χ0v) is 25.0. The van der Waals surface area contributed by atoms with E-state index < -0.39 is 23.0 Å². The first-order chi connectivity index (χ1) is 16.5. The molecule has 0 spiro atoms. The minimum Gasteiger partial charge on any atom is -0.267 e. The molecule has 9 heteroatoms. The molecular formula is C26H57F3NO3PS. The van der Waals surface area contributed by atoms with Crippen molar-refractivity contribution in [1.29, 1.82) is 0 Å². The number of hydrogen-bond acceptors (Lipinski definition) is 4. The van der Waals surface area contributed by atoms with Gasteiger partial charge in [-0.05, 0) is 0 Å². The van der Waals surface area contributed by atoms with Crippen molar-refractivity contribution in [3.63, 3.8) is 0 Å². The third kappa shape index (κ3) is 23.0. The number of rotatable bonds is 22. The van der Waals surface area contributed by atoms with E-state index in [1.54, 1.807) is 0 Å². The monoisotopic (exact) mass is 551 g/mol. The van der Waals surface area contributed by atoms with E-state index in [1.165, 1.54) is 134 Å². The van der Waals surface area contributed by atoms with Crippen molar-refractivity contribution >= 4 is 17.5 Å². The number of hydrogen-bond donors (Lipinski definition) is 1. The van der Waals surface area contributed by atoms with Crippen molar-refractivity contribution in [3.05, 3.63) is 0 Å². The quantitative estimate of drug-likeness (QED) is 0.0630. The second-order valence-corrected chi connectivity index (χ2v) is 15.9. The molecule has 0 aliphatic carbocycles. The van der Waals surface area contributed by atoms with Crippen molar-refractivity contribution < 1.29 is 25.8 Å². The first-order valence-electron chi connectivity index (χ1n) is 14.1. The molecule has 0 aromatic heterocycles. The first-order valence-corrected chi connectivity index (χ1v) is 18.3. The topological polar surface area (TPSA) is 69.4 Å². The maximum Gasteiger partial charge on any atom is 0.523 e. The van der Waals surface area contributed by atoms with Crippen LogP contribution in [0.15, 0.2) is 0 Å². The van der Waals surface area contributed by atoms with Gasteiger partial charge in [0.2, 0.25) is 0 Å². The van der Waals surface area contributed by atoms with E-state index in [9.17, 15) is 21.6 Å². The summed E-state index contributed by atoms with van der Waals surface area (Å²) in [5.74, 6) is 0. The van der Waals surface area contributed by atoms with Gasteiger partial charge in [0.15, 0.2) is 0 Å². The molecule has 0 rings (SSSR count). The van der Waals surface area contributed by atoms with E-state index >= 15 is 0 Å². The zero-order valence-electron chi connectivity index (χ0n) is 23.2. The van der Waals surface area contributed by atoms with Gasteiger partial charge in [0.05, 0.1) is 7.11 Å². The molecule has 0 atom stereocenters. The molecule has 0 aromatic rings. The molecule has 0 heterocycles. The van der Waals surface area contributed by atoms with Crippen LogP contribution >= 0.6 is 7.41 Å². The Balaban J connectivity index is 0. The smallest absolute Gasteiger partial charge is 0.267 e. The van der Waals surface area contributed by atoms with E-state index in [1.807, 2.05) is 0 Å². The summed E-state index contributed by atoms with van der Waals surface area (Å²) in [6.45, 7) is 6.91. The van der Waals surface area contributed by atoms with Crippen LogP contribution in [0.1, 0.15) is 136 Å². The molecule has 0 unspecified atom stereocenters. The summed E-state index contributed by atoms with van der Waals surface area (Å²) < 4.78 is 55.9. The van der Waals surface area contributed by atoms with E-state index in [2.05, 4.69) is 25.0 Å². The molecule has 35 heavy (non-hydrogen) atoms. The van der Waals surface area contributed by atoms with Gasteiger partial charge >= 0.3 is 183 Å². The minimum atomic E-state index is -5.34. The summed E-state index contributed by atoms with van der Waals surface area (Å²) in [6, 6.07) is 0. The molecule has 0 saturated heterocycles. The molecule has 0 bridgehead atoms. The second kappa shape index (κ2) is 23.2. The van der Waals surface area contributed by atoms with Gasteiger partial charge < -0.3 is 0 Å². The molecule has 4 nitrogen and oxygen atoms in total. The predicted octanol–water partition coefficient (Wildman–Crippen LogP) is 9.17. The van der Waals surface area contributed by atoms with Gasteiger partial charge in [-0.2, -0.15) is 21.6 Å². The maximum absolute atomic E-state index is 11.1.